The van der Waals surface area contributed by atoms with Gasteiger partial charge in [0.05, 0.1) is 0 Å². The Kier molecular flexibility index (Phi) is 47.5. The minimum absolute atomic E-state index is 0.0918. The molecule has 0 N–H and O–H groups in total. The van der Waals surface area contributed by atoms with Crippen molar-refractivity contribution in [3.05, 3.63) is 85.1 Å². The molecule has 62 heavy (non-hydrogen) atoms. The van der Waals surface area contributed by atoms with Crippen molar-refractivity contribution in [2.45, 2.75) is 239 Å². The van der Waals surface area contributed by atoms with Crippen LogP contribution in [0.25, 0.3) is 0 Å². The molecule has 0 heterocycles. The number of esters is 3. The van der Waals surface area contributed by atoms with Crippen LogP contribution in [0.4, 0.5) is 0 Å². The first-order valence-corrected chi connectivity index (χ1v) is 25.6. The number of carbonyl (C=O) groups is 3. The van der Waals surface area contributed by atoms with Crippen LogP contribution in [0.1, 0.15) is 233 Å². The first-order valence-electron chi connectivity index (χ1n) is 25.6. The average molecular weight is 863 g/mol. The zero-order valence-corrected chi connectivity index (χ0v) is 40.4. The maximum absolute atomic E-state index is 12.8. The molecule has 6 nitrogen and oxygen atoms in total. The maximum atomic E-state index is 12.8. The summed E-state index contributed by atoms with van der Waals surface area (Å²) in [5.74, 6) is -0.936. The standard InChI is InChI=1S/C56H94O6/c1-4-7-10-13-16-19-22-24-26-27-28-29-30-32-34-37-40-43-46-49-55(58)61-52-53(51-60-54(57)48-45-42-39-36-33-21-18-15-12-9-6-3)62-56(59)50-47-44-41-38-35-31-25-23-20-17-14-11-8-5-2/h7-8,10-11,15-21,24,26,33,53H,4-6,9,12-14,22-23,25,27-32,34-52H2,1-3H3/b10-7-,11-8-,18-15-,19-16-,20-17-,26-24-,33-21-. The van der Waals surface area contributed by atoms with Gasteiger partial charge in [-0.1, -0.05) is 202 Å². The summed E-state index contributed by atoms with van der Waals surface area (Å²) in [6, 6.07) is 0. The molecule has 0 saturated heterocycles. The fourth-order valence-corrected chi connectivity index (χ4v) is 6.82. The molecule has 354 valence electrons. The molecule has 0 spiro atoms. The maximum Gasteiger partial charge on any atom is 0.306 e. The first-order chi connectivity index (χ1) is 30.5. The number of allylic oxidation sites excluding steroid dienone is 14. The summed E-state index contributed by atoms with van der Waals surface area (Å²) in [5.41, 5.74) is 0. The molecule has 0 aromatic heterocycles. The van der Waals surface area contributed by atoms with Crippen LogP contribution in [0.3, 0.4) is 0 Å². The summed E-state index contributed by atoms with van der Waals surface area (Å²) < 4.78 is 16.7. The van der Waals surface area contributed by atoms with Crippen LogP contribution >= 0.6 is 0 Å². The molecule has 0 aliphatic carbocycles. The molecule has 1 unspecified atom stereocenters. The highest BCUT2D eigenvalue weighted by molar-refractivity contribution is 5.71. The highest BCUT2D eigenvalue weighted by Crippen LogP contribution is 2.14. The molecule has 0 radical (unpaired) electrons. The molecule has 0 aromatic carbocycles. The van der Waals surface area contributed by atoms with E-state index in [2.05, 4.69) is 106 Å². The third-order valence-electron chi connectivity index (χ3n) is 10.6. The van der Waals surface area contributed by atoms with E-state index in [-0.39, 0.29) is 31.1 Å². The number of unbranched alkanes of at least 4 members (excludes halogenated alkanes) is 21. The van der Waals surface area contributed by atoms with Gasteiger partial charge in [-0.25, -0.2) is 0 Å². The Morgan fingerprint density at radius 1 is 0.355 bits per heavy atom. The van der Waals surface area contributed by atoms with Gasteiger partial charge in [-0.2, -0.15) is 0 Å². The van der Waals surface area contributed by atoms with Crippen LogP contribution in [0.5, 0.6) is 0 Å². The number of carbonyl (C=O) groups excluding carboxylic acids is 3. The van der Waals surface area contributed by atoms with E-state index in [0.717, 1.165) is 109 Å². The van der Waals surface area contributed by atoms with Gasteiger partial charge >= 0.3 is 17.9 Å². The Bertz CT molecular complexity index is 1220. The van der Waals surface area contributed by atoms with E-state index >= 15 is 0 Å². The number of ether oxygens (including phenoxy) is 3. The Morgan fingerprint density at radius 2 is 0.677 bits per heavy atom. The van der Waals surface area contributed by atoms with Crippen molar-refractivity contribution in [2.24, 2.45) is 0 Å². The van der Waals surface area contributed by atoms with Crippen LogP contribution < -0.4 is 0 Å². The summed E-state index contributed by atoms with van der Waals surface area (Å²) in [5, 5.41) is 0. The van der Waals surface area contributed by atoms with Gasteiger partial charge in [0, 0.05) is 19.3 Å². The monoisotopic (exact) mass is 863 g/mol. The normalized spacial score (nSPS) is 12.8. The lowest BCUT2D eigenvalue weighted by Gasteiger charge is -2.18. The lowest BCUT2D eigenvalue weighted by molar-refractivity contribution is -0.167. The van der Waals surface area contributed by atoms with E-state index in [0.29, 0.717) is 19.3 Å². The zero-order valence-electron chi connectivity index (χ0n) is 40.4. The van der Waals surface area contributed by atoms with E-state index in [4.69, 9.17) is 14.2 Å². The van der Waals surface area contributed by atoms with Gasteiger partial charge in [0.15, 0.2) is 6.10 Å². The first kappa shape index (κ1) is 58.6. The summed E-state index contributed by atoms with van der Waals surface area (Å²) in [6.07, 6.45) is 64.3. The number of rotatable bonds is 45. The Hall–Kier alpha value is -3.41. The van der Waals surface area contributed by atoms with Crippen molar-refractivity contribution >= 4 is 17.9 Å². The molecule has 0 bridgehead atoms. The summed E-state index contributed by atoms with van der Waals surface area (Å²) in [6.45, 7) is 6.33. The minimum atomic E-state index is -0.793. The quantitative estimate of drug-likeness (QED) is 0.0199. The molecule has 0 fully saturated rings. The van der Waals surface area contributed by atoms with Gasteiger partial charge in [0.1, 0.15) is 13.2 Å². The second-order valence-corrected chi connectivity index (χ2v) is 16.7. The van der Waals surface area contributed by atoms with E-state index in [9.17, 15) is 14.4 Å². The van der Waals surface area contributed by atoms with Crippen molar-refractivity contribution in [2.75, 3.05) is 13.2 Å². The fraction of sp³-hybridized carbons (Fsp3) is 0.696. The van der Waals surface area contributed by atoms with Gasteiger partial charge in [-0.3, -0.25) is 14.4 Å². The van der Waals surface area contributed by atoms with Gasteiger partial charge in [-0.05, 0) is 96.3 Å². The number of hydrogen-bond acceptors (Lipinski definition) is 6. The second-order valence-electron chi connectivity index (χ2n) is 16.7. The van der Waals surface area contributed by atoms with E-state index in [1.54, 1.807) is 0 Å². The molecule has 0 aromatic rings. The summed E-state index contributed by atoms with van der Waals surface area (Å²) in [7, 11) is 0. The molecule has 0 aliphatic heterocycles. The summed E-state index contributed by atoms with van der Waals surface area (Å²) >= 11 is 0. The molecule has 6 heteroatoms. The largest absolute Gasteiger partial charge is 0.462 e. The lowest BCUT2D eigenvalue weighted by Crippen LogP contribution is -2.30. The predicted octanol–water partition coefficient (Wildman–Crippen LogP) is 16.8. The molecular weight excluding hydrogens is 769 g/mol. The predicted molar refractivity (Wildman–Crippen MR) is 265 cm³/mol. The topological polar surface area (TPSA) is 78.9 Å². The molecule has 1 atom stereocenters. The van der Waals surface area contributed by atoms with E-state index < -0.39 is 6.10 Å². The molecule has 0 aliphatic rings. The number of hydrogen-bond donors (Lipinski definition) is 0. The highest BCUT2D eigenvalue weighted by atomic mass is 16.6. The second kappa shape index (κ2) is 50.2. The Morgan fingerprint density at radius 3 is 1.10 bits per heavy atom. The van der Waals surface area contributed by atoms with Crippen molar-refractivity contribution in [3.63, 3.8) is 0 Å². The van der Waals surface area contributed by atoms with Crippen LogP contribution in [0, 0.1) is 0 Å². The third-order valence-corrected chi connectivity index (χ3v) is 10.6. The SMILES string of the molecule is CC/C=C\C/C=C\C/C=C\CCCCCCCCCCCC(=O)OCC(COC(=O)CCCCC/C=C\C=C/CCCC)OC(=O)CCCCCCCCC/C=C\C/C=C\CC. The highest BCUT2D eigenvalue weighted by Gasteiger charge is 2.19. The molecule has 0 rings (SSSR count). The third kappa shape index (κ3) is 47.6. The minimum Gasteiger partial charge on any atom is -0.462 e. The van der Waals surface area contributed by atoms with Crippen molar-refractivity contribution in [1.29, 1.82) is 0 Å². The van der Waals surface area contributed by atoms with Crippen LogP contribution in [-0.4, -0.2) is 37.2 Å². The van der Waals surface area contributed by atoms with Crippen LogP contribution in [0.15, 0.2) is 85.1 Å². The van der Waals surface area contributed by atoms with Crippen molar-refractivity contribution < 1.29 is 28.6 Å². The average Bonchev–Trinajstić information content (AvgIpc) is 3.27. The van der Waals surface area contributed by atoms with Gasteiger partial charge in [-0.15, -0.1) is 0 Å². The molecule has 0 saturated carbocycles. The smallest absolute Gasteiger partial charge is 0.306 e. The zero-order chi connectivity index (χ0) is 45.1. The van der Waals surface area contributed by atoms with Crippen LogP contribution in [0.2, 0.25) is 0 Å². The van der Waals surface area contributed by atoms with Gasteiger partial charge in [0.2, 0.25) is 0 Å². The van der Waals surface area contributed by atoms with E-state index in [1.807, 2.05) is 0 Å². The Balaban J connectivity index is 4.38. The van der Waals surface area contributed by atoms with Crippen molar-refractivity contribution in [3.8, 4) is 0 Å². The molecular formula is C56H94O6. The molecule has 0 amide bonds. The fourth-order valence-electron chi connectivity index (χ4n) is 6.82. The van der Waals surface area contributed by atoms with Gasteiger partial charge in [0.25, 0.3) is 0 Å². The van der Waals surface area contributed by atoms with Gasteiger partial charge < -0.3 is 14.2 Å². The lowest BCUT2D eigenvalue weighted by atomic mass is 10.1. The van der Waals surface area contributed by atoms with Crippen LogP contribution in [-0.2, 0) is 28.6 Å². The van der Waals surface area contributed by atoms with Crippen molar-refractivity contribution in [1.82, 2.24) is 0 Å². The van der Waals surface area contributed by atoms with E-state index in [1.165, 1.54) is 83.5 Å². The summed E-state index contributed by atoms with van der Waals surface area (Å²) in [4.78, 5) is 37.9. The Labute approximate surface area is 382 Å².